The van der Waals surface area contributed by atoms with Gasteiger partial charge < -0.3 is 20.4 Å². The van der Waals surface area contributed by atoms with Crippen molar-refractivity contribution in [2.45, 2.75) is 110 Å². The highest BCUT2D eigenvalue weighted by Crippen LogP contribution is 2.52. The molecule has 4 rings (SSSR count). The highest BCUT2D eigenvalue weighted by molar-refractivity contribution is 6.25. The molecule has 3 atom stereocenters. The zero-order valence-electron chi connectivity index (χ0n) is 24.5. The first-order valence-corrected chi connectivity index (χ1v) is 14.9. The molecule has 3 aliphatic rings. The molecule has 0 fully saturated rings. The topological polar surface area (TPSA) is 132 Å². The van der Waals surface area contributed by atoms with Crippen LogP contribution in [-0.4, -0.2) is 43.4 Å². The van der Waals surface area contributed by atoms with Gasteiger partial charge in [-0.25, -0.2) is 0 Å². The lowest BCUT2D eigenvalue weighted by molar-refractivity contribution is -0.144. The van der Waals surface area contributed by atoms with E-state index in [-0.39, 0.29) is 35.6 Å². The Kier molecular flexibility index (Phi) is 8.65. The number of fused-ring (bicyclic) bond motifs is 3. The number of hydrogen-bond acceptors (Lipinski definition) is 7. The summed E-state index contributed by atoms with van der Waals surface area (Å²) in [7, 11) is 0. The van der Waals surface area contributed by atoms with E-state index in [1.807, 2.05) is 6.07 Å². The molecule has 7 nitrogen and oxygen atoms in total. The Bertz CT molecular complexity index is 1280. The molecule has 40 heavy (non-hydrogen) atoms. The maximum Gasteiger partial charge on any atom is 0.209 e. The molecular weight excluding hydrogens is 508 g/mol. The van der Waals surface area contributed by atoms with Crippen LogP contribution in [-0.2, 0) is 22.4 Å². The summed E-state index contributed by atoms with van der Waals surface area (Å²) in [6.45, 7) is 9.55. The van der Waals surface area contributed by atoms with E-state index in [1.165, 1.54) is 0 Å². The largest absolute Gasteiger partial charge is 0.511 e. The van der Waals surface area contributed by atoms with E-state index >= 15 is 0 Å². The lowest BCUT2D eigenvalue weighted by Crippen LogP contribution is -2.56. The van der Waals surface area contributed by atoms with Gasteiger partial charge in [0.1, 0.15) is 22.8 Å². The molecular formula is C33H44O7. The lowest BCUT2D eigenvalue weighted by Gasteiger charge is -2.46. The second-order valence-corrected chi connectivity index (χ2v) is 12.4. The maximum atomic E-state index is 14.1. The van der Waals surface area contributed by atoms with Crippen molar-refractivity contribution in [3.63, 3.8) is 0 Å². The molecule has 0 saturated carbocycles. The fourth-order valence-corrected chi connectivity index (χ4v) is 7.20. The van der Waals surface area contributed by atoms with Crippen molar-refractivity contribution in [3.05, 3.63) is 51.0 Å². The molecule has 0 unspecified atom stereocenters. The van der Waals surface area contributed by atoms with Gasteiger partial charge in [0.2, 0.25) is 5.78 Å². The zero-order chi connectivity index (χ0) is 29.5. The number of Topliss-reactive ketones (excluding diaryl/α,β-unsaturated/α-hetero) is 3. The van der Waals surface area contributed by atoms with Gasteiger partial charge in [0, 0.05) is 17.9 Å². The minimum atomic E-state index is -2.47. The molecule has 0 heterocycles. The van der Waals surface area contributed by atoms with Crippen LogP contribution in [0.4, 0.5) is 0 Å². The average Bonchev–Trinajstić information content (AvgIpc) is 2.88. The third-order valence-electron chi connectivity index (χ3n) is 9.34. The van der Waals surface area contributed by atoms with E-state index in [4.69, 9.17) is 0 Å². The van der Waals surface area contributed by atoms with E-state index in [0.29, 0.717) is 18.8 Å². The monoisotopic (exact) mass is 552 g/mol. The second kappa shape index (κ2) is 11.5. The molecule has 1 aromatic carbocycles. The number of phenolic OH excluding ortho intramolecular Hbond substituents is 1. The predicted molar refractivity (Wildman–Crippen MR) is 153 cm³/mol. The minimum Gasteiger partial charge on any atom is -0.511 e. The fourth-order valence-electron chi connectivity index (χ4n) is 7.20. The van der Waals surface area contributed by atoms with Crippen molar-refractivity contribution in [1.82, 2.24) is 0 Å². The van der Waals surface area contributed by atoms with Gasteiger partial charge in [-0.3, -0.25) is 14.4 Å². The number of unbranched alkanes of at least 4 members (excludes halogenated alkanes) is 2. The van der Waals surface area contributed by atoms with Gasteiger partial charge in [0.15, 0.2) is 17.2 Å². The highest BCUT2D eigenvalue weighted by Gasteiger charge is 2.59. The van der Waals surface area contributed by atoms with E-state index in [0.717, 1.165) is 62.1 Å². The number of hydrogen-bond donors (Lipinski definition) is 4. The zero-order valence-corrected chi connectivity index (χ0v) is 24.5. The number of carbonyl (C=O) groups is 3. The quantitative estimate of drug-likeness (QED) is 0.249. The van der Waals surface area contributed by atoms with Crippen LogP contribution in [0, 0.1) is 17.8 Å². The maximum absolute atomic E-state index is 14.1. The Morgan fingerprint density at radius 2 is 1.68 bits per heavy atom. The molecule has 1 aromatic rings. The minimum absolute atomic E-state index is 0.0698. The molecule has 0 saturated heterocycles. The van der Waals surface area contributed by atoms with E-state index < -0.39 is 51.9 Å². The Morgan fingerprint density at radius 3 is 2.23 bits per heavy atom. The highest BCUT2D eigenvalue weighted by atomic mass is 16.3. The summed E-state index contributed by atoms with van der Waals surface area (Å²) in [5.41, 5.74) is -0.463. The number of ketones is 3. The third-order valence-corrected chi connectivity index (χ3v) is 9.34. The first-order valence-electron chi connectivity index (χ1n) is 14.9. The molecule has 218 valence electrons. The van der Waals surface area contributed by atoms with Crippen LogP contribution in [0.2, 0.25) is 0 Å². The van der Waals surface area contributed by atoms with E-state index in [9.17, 15) is 34.8 Å². The van der Waals surface area contributed by atoms with Crippen molar-refractivity contribution < 1.29 is 34.8 Å². The number of aliphatic hydroxyl groups is 3. The van der Waals surface area contributed by atoms with Gasteiger partial charge in [-0.15, -0.1) is 0 Å². The summed E-state index contributed by atoms with van der Waals surface area (Å²) in [4.78, 5) is 39.5. The summed E-state index contributed by atoms with van der Waals surface area (Å²) in [5.74, 6) is -4.48. The lowest BCUT2D eigenvalue weighted by atomic mass is 9.59. The smallest absolute Gasteiger partial charge is 0.209 e. The van der Waals surface area contributed by atoms with Gasteiger partial charge >= 0.3 is 0 Å². The number of rotatable bonds is 10. The fraction of sp³-hybridized carbons (Fsp3) is 0.606. The van der Waals surface area contributed by atoms with Crippen molar-refractivity contribution in [2.24, 2.45) is 17.8 Å². The van der Waals surface area contributed by atoms with Crippen LogP contribution in [0.25, 0.3) is 0 Å². The van der Waals surface area contributed by atoms with Crippen LogP contribution >= 0.6 is 0 Å². The SMILES string of the molecule is CCCCC(CCCC)Cc1cc(C(C)C)c2c(c1O)C(=O)C1=C(O)[C@]3(O)C(=O)C(C(C)=O)=C(O)C[C@@H]3C[C@@H]1C2. The summed E-state index contributed by atoms with van der Waals surface area (Å²) < 4.78 is 0. The molecule has 0 bridgehead atoms. The number of phenols is 1. The third kappa shape index (κ3) is 4.91. The Morgan fingerprint density at radius 1 is 1.05 bits per heavy atom. The van der Waals surface area contributed by atoms with Crippen molar-refractivity contribution in [2.75, 3.05) is 0 Å². The molecule has 0 aromatic heterocycles. The van der Waals surface area contributed by atoms with Crippen LogP contribution < -0.4 is 0 Å². The number of benzene rings is 1. The standard InChI is InChI=1S/C33H44O7/c1-6-8-10-19(11-9-7-2)12-21-15-23(17(3)4)24-14-20-13-22-16-25(35)26(18(5)34)31(38)33(22,40)32(39)27(20)30(37)28(24)29(21)36/h15,17,19-20,22,35-36,39-40H,6-14,16H2,1-5H3/t20-,22+,33-/m1/s1. The molecule has 3 aliphatic carbocycles. The van der Waals surface area contributed by atoms with E-state index in [2.05, 4.69) is 27.7 Å². The van der Waals surface area contributed by atoms with Crippen LogP contribution in [0.15, 0.2) is 28.7 Å². The Labute approximate surface area is 237 Å². The summed E-state index contributed by atoms with van der Waals surface area (Å²) in [5, 5.41) is 44.9. The number of aliphatic hydroxyl groups excluding tert-OH is 2. The molecule has 0 aliphatic heterocycles. The Balaban J connectivity index is 1.83. The van der Waals surface area contributed by atoms with Gasteiger partial charge in [-0.05, 0) is 60.6 Å². The van der Waals surface area contributed by atoms with Gasteiger partial charge in [-0.1, -0.05) is 72.3 Å². The summed E-state index contributed by atoms with van der Waals surface area (Å²) >= 11 is 0. The number of allylic oxidation sites excluding steroid dienone is 2. The van der Waals surface area contributed by atoms with Gasteiger partial charge in [-0.2, -0.15) is 0 Å². The van der Waals surface area contributed by atoms with Crippen LogP contribution in [0.5, 0.6) is 5.75 Å². The summed E-state index contributed by atoms with van der Waals surface area (Å²) in [6, 6.07) is 2.04. The van der Waals surface area contributed by atoms with Crippen molar-refractivity contribution in [3.8, 4) is 5.75 Å². The van der Waals surface area contributed by atoms with Crippen molar-refractivity contribution in [1.29, 1.82) is 0 Å². The van der Waals surface area contributed by atoms with Gasteiger partial charge in [0.25, 0.3) is 0 Å². The average molecular weight is 553 g/mol. The molecule has 0 radical (unpaired) electrons. The predicted octanol–water partition coefficient (Wildman–Crippen LogP) is 6.35. The van der Waals surface area contributed by atoms with Crippen LogP contribution in [0.3, 0.4) is 0 Å². The van der Waals surface area contributed by atoms with E-state index in [1.54, 1.807) is 0 Å². The molecule has 4 N–H and O–H groups in total. The molecule has 0 spiro atoms. The first kappa shape index (κ1) is 30.0. The number of aromatic hydroxyl groups is 1. The van der Waals surface area contributed by atoms with Crippen molar-refractivity contribution >= 4 is 17.3 Å². The normalized spacial score (nSPS) is 24.5. The Hall–Kier alpha value is -2.93. The first-order chi connectivity index (χ1) is 18.9. The molecule has 7 heteroatoms. The summed E-state index contributed by atoms with van der Waals surface area (Å²) in [6.07, 6.45) is 7.50. The van der Waals surface area contributed by atoms with Crippen LogP contribution in [0.1, 0.15) is 119 Å². The van der Waals surface area contributed by atoms with Gasteiger partial charge in [0.05, 0.1) is 5.56 Å². The molecule has 0 amide bonds. The second-order valence-electron chi connectivity index (χ2n) is 12.4. The number of carbonyl (C=O) groups excluding carboxylic acids is 3.